The highest BCUT2D eigenvalue weighted by atomic mass is 32.1. The molecule has 0 saturated heterocycles. The second-order valence-corrected chi connectivity index (χ2v) is 9.71. The summed E-state index contributed by atoms with van der Waals surface area (Å²) in [4.78, 5) is 12.9. The number of esters is 1. The van der Waals surface area contributed by atoms with E-state index in [0.29, 0.717) is 5.06 Å². The lowest BCUT2D eigenvalue weighted by Gasteiger charge is -2.27. The average molecular weight is 491 g/mol. The summed E-state index contributed by atoms with van der Waals surface area (Å²) in [5.74, 6) is -0.570. The van der Waals surface area contributed by atoms with Gasteiger partial charge in [0.05, 0.1) is 0 Å². The van der Waals surface area contributed by atoms with E-state index in [-0.39, 0.29) is 17.4 Å². The minimum atomic E-state index is -0.506. The van der Waals surface area contributed by atoms with Crippen LogP contribution in [0.1, 0.15) is 114 Å². The fraction of sp³-hybridized carbons (Fsp3) is 0.667. The Hall–Kier alpha value is -2.15. The number of aromatic nitrogens is 2. The van der Waals surface area contributed by atoms with Crippen molar-refractivity contribution in [2.45, 2.75) is 116 Å². The third-order valence-corrected chi connectivity index (χ3v) is 6.65. The molecule has 190 valence electrons. The van der Waals surface area contributed by atoms with Crippen LogP contribution in [0.4, 0.5) is 0 Å². The molecule has 0 radical (unpaired) electrons. The van der Waals surface area contributed by atoms with Gasteiger partial charge < -0.3 is 14.6 Å². The molecule has 0 spiro atoms. The predicted molar refractivity (Wildman–Crippen MR) is 138 cm³/mol. The summed E-state index contributed by atoms with van der Waals surface area (Å²) in [7, 11) is 0. The molecule has 0 saturated carbocycles. The summed E-state index contributed by atoms with van der Waals surface area (Å²) in [6, 6.07) is 6.52. The van der Waals surface area contributed by atoms with E-state index in [2.05, 4.69) is 23.4 Å². The SMILES string of the molecule is CCCCCCCCCC(OC(=O)c1ccccc1O)C(CCCCCCC)Oc1cnns1. The van der Waals surface area contributed by atoms with Crippen LogP contribution in [-0.4, -0.2) is 32.9 Å². The van der Waals surface area contributed by atoms with Crippen molar-refractivity contribution < 1.29 is 19.4 Å². The fourth-order valence-corrected chi connectivity index (χ4v) is 4.54. The van der Waals surface area contributed by atoms with E-state index in [9.17, 15) is 9.90 Å². The molecule has 0 fully saturated rings. The molecule has 0 aliphatic carbocycles. The summed E-state index contributed by atoms with van der Waals surface area (Å²) in [6.45, 7) is 4.43. The number of unbranched alkanes of at least 4 members (excludes halogenated alkanes) is 10. The molecular formula is C27H42N2O4S. The lowest BCUT2D eigenvalue weighted by Crippen LogP contribution is -2.36. The van der Waals surface area contributed by atoms with Crippen LogP contribution in [0.25, 0.3) is 0 Å². The summed E-state index contributed by atoms with van der Waals surface area (Å²) in [6.07, 6.45) is 16.6. The molecule has 1 aromatic carbocycles. The summed E-state index contributed by atoms with van der Waals surface area (Å²) >= 11 is 1.21. The number of hydrogen-bond donors (Lipinski definition) is 1. The first kappa shape index (κ1) is 28.1. The summed E-state index contributed by atoms with van der Waals surface area (Å²) in [5, 5.41) is 14.7. The van der Waals surface area contributed by atoms with Crippen molar-refractivity contribution >= 4 is 17.5 Å². The van der Waals surface area contributed by atoms with E-state index in [0.717, 1.165) is 38.5 Å². The Kier molecular flexibility index (Phi) is 14.3. The van der Waals surface area contributed by atoms with Gasteiger partial charge in [-0.2, -0.15) is 0 Å². The Labute approximate surface area is 209 Å². The van der Waals surface area contributed by atoms with Crippen LogP contribution < -0.4 is 4.74 Å². The van der Waals surface area contributed by atoms with Crippen LogP contribution in [0.3, 0.4) is 0 Å². The quantitative estimate of drug-likeness (QED) is 0.160. The number of phenolic OH excluding ortho intramolecular Hbond substituents is 1. The topological polar surface area (TPSA) is 81.5 Å². The number of phenols is 1. The summed E-state index contributed by atoms with van der Waals surface area (Å²) < 4.78 is 16.2. The van der Waals surface area contributed by atoms with Crippen molar-refractivity contribution in [1.29, 1.82) is 0 Å². The molecule has 1 N–H and O–H groups in total. The third kappa shape index (κ3) is 10.9. The van der Waals surface area contributed by atoms with Gasteiger partial charge in [-0.15, -0.1) is 5.10 Å². The number of ether oxygens (including phenoxy) is 2. The van der Waals surface area contributed by atoms with Gasteiger partial charge in [-0.05, 0) is 37.8 Å². The molecule has 1 aromatic heterocycles. The smallest absolute Gasteiger partial charge is 0.342 e. The Bertz CT molecular complexity index is 785. The minimum Gasteiger partial charge on any atom is -0.507 e. The van der Waals surface area contributed by atoms with Crippen LogP contribution in [0.5, 0.6) is 10.8 Å². The number of rotatable bonds is 19. The molecule has 0 aliphatic heterocycles. The van der Waals surface area contributed by atoms with Crippen molar-refractivity contribution in [3.05, 3.63) is 36.0 Å². The number of benzene rings is 1. The van der Waals surface area contributed by atoms with E-state index in [1.54, 1.807) is 24.4 Å². The second kappa shape index (κ2) is 17.3. The van der Waals surface area contributed by atoms with Crippen LogP contribution in [0, 0.1) is 0 Å². The largest absolute Gasteiger partial charge is 0.507 e. The van der Waals surface area contributed by atoms with Gasteiger partial charge in [0.15, 0.2) is 0 Å². The molecule has 7 heteroatoms. The molecule has 6 nitrogen and oxygen atoms in total. The highest BCUT2D eigenvalue weighted by Crippen LogP contribution is 2.26. The maximum absolute atomic E-state index is 12.9. The molecular weight excluding hydrogens is 448 g/mol. The first-order valence-electron chi connectivity index (χ1n) is 13.1. The van der Waals surface area contributed by atoms with Crippen LogP contribution in [0.15, 0.2) is 30.5 Å². The van der Waals surface area contributed by atoms with E-state index in [1.807, 2.05) is 0 Å². The highest BCUT2D eigenvalue weighted by Gasteiger charge is 2.28. The zero-order chi connectivity index (χ0) is 24.4. The first-order valence-corrected chi connectivity index (χ1v) is 13.9. The van der Waals surface area contributed by atoms with Gasteiger partial charge in [-0.3, -0.25) is 0 Å². The van der Waals surface area contributed by atoms with Crippen LogP contribution in [0.2, 0.25) is 0 Å². The van der Waals surface area contributed by atoms with Gasteiger partial charge in [0.25, 0.3) is 0 Å². The van der Waals surface area contributed by atoms with Gasteiger partial charge in [0.2, 0.25) is 5.06 Å². The van der Waals surface area contributed by atoms with Crippen molar-refractivity contribution in [1.82, 2.24) is 9.59 Å². The van der Waals surface area contributed by atoms with Crippen molar-refractivity contribution in [2.75, 3.05) is 0 Å². The lowest BCUT2D eigenvalue weighted by molar-refractivity contribution is -0.0159. The van der Waals surface area contributed by atoms with Gasteiger partial charge in [0, 0.05) is 11.5 Å². The van der Waals surface area contributed by atoms with E-state index in [1.165, 1.54) is 69.0 Å². The van der Waals surface area contributed by atoms with Crippen molar-refractivity contribution in [2.24, 2.45) is 0 Å². The van der Waals surface area contributed by atoms with E-state index in [4.69, 9.17) is 9.47 Å². The molecule has 2 unspecified atom stereocenters. The number of aromatic hydroxyl groups is 1. The number of nitrogens with zero attached hydrogens (tertiary/aromatic N) is 2. The third-order valence-electron chi connectivity index (χ3n) is 6.09. The maximum Gasteiger partial charge on any atom is 0.342 e. The second-order valence-electron chi connectivity index (χ2n) is 8.97. The van der Waals surface area contributed by atoms with Gasteiger partial charge in [0.1, 0.15) is 29.7 Å². The average Bonchev–Trinajstić information content (AvgIpc) is 3.35. The minimum absolute atomic E-state index is 0.0640. The number of carbonyl (C=O) groups excluding carboxylic acids is 1. The zero-order valence-electron chi connectivity index (χ0n) is 20.9. The number of hydrogen-bond acceptors (Lipinski definition) is 7. The number of carbonyl (C=O) groups is 1. The van der Waals surface area contributed by atoms with Crippen LogP contribution >= 0.6 is 11.5 Å². The molecule has 34 heavy (non-hydrogen) atoms. The van der Waals surface area contributed by atoms with E-state index < -0.39 is 12.1 Å². The van der Waals surface area contributed by atoms with E-state index >= 15 is 0 Å². The molecule has 0 amide bonds. The fourth-order valence-electron chi connectivity index (χ4n) is 4.10. The molecule has 0 bridgehead atoms. The highest BCUT2D eigenvalue weighted by molar-refractivity contribution is 7.07. The molecule has 2 rings (SSSR count). The molecule has 2 atom stereocenters. The Morgan fingerprint density at radius 2 is 1.47 bits per heavy atom. The Morgan fingerprint density at radius 1 is 0.882 bits per heavy atom. The van der Waals surface area contributed by atoms with Crippen molar-refractivity contribution in [3.8, 4) is 10.8 Å². The Balaban J connectivity index is 2.05. The first-order chi connectivity index (χ1) is 16.7. The number of para-hydroxylation sites is 1. The van der Waals surface area contributed by atoms with Gasteiger partial charge in [-0.25, -0.2) is 4.79 Å². The predicted octanol–water partition coefficient (Wildman–Crippen LogP) is 7.72. The normalized spacial score (nSPS) is 12.9. The Morgan fingerprint density at radius 3 is 2.06 bits per heavy atom. The molecule has 0 aliphatic rings. The molecule has 2 aromatic rings. The monoisotopic (exact) mass is 490 g/mol. The zero-order valence-corrected chi connectivity index (χ0v) is 21.7. The van der Waals surface area contributed by atoms with Gasteiger partial charge >= 0.3 is 5.97 Å². The van der Waals surface area contributed by atoms with Crippen LogP contribution in [-0.2, 0) is 4.74 Å². The van der Waals surface area contributed by atoms with Crippen molar-refractivity contribution in [3.63, 3.8) is 0 Å². The van der Waals surface area contributed by atoms with Gasteiger partial charge in [-0.1, -0.05) is 94.7 Å². The summed E-state index contributed by atoms with van der Waals surface area (Å²) in [5.41, 5.74) is 0.188. The standard InChI is InChI=1S/C27H42N2O4S/c1-3-5-7-9-10-12-14-20-25(33-27(31)22-17-15-16-18-23(22)30)24(19-13-11-8-6-4-2)32-26-21-28-29-34-26/h15-18,21,24-25,30H,3-14,19-20H2,1-2H3. The molecule has 1 heterocycles. The lowest BCUT2D eigenvalue weighted by atomic mass is 9.99. The maximum atomic E-state index is 12.9.